The monoisotopic (exact) mass is 258 g/mol. The van der Waals surface area contributed by atoms with Crippen LogP contribution in [-0.4, -0.2) is 0 Å². The van der Waals surface area contributed by atoms with Crippen molar-refractivity contribution in [2.45, 2.75) is 0 Å². The second-order valence-corrected chi connectivity index (χ2v) is 4.31. The van der Waals surface area contributed by atoms with E-state index in [9.17, 15) is 0 Å². The molecular formula is C20H18. The van der Waals surface area contributed by atoms with E-state index in [-0.39, 0.29) is 0 Å². The van der Waals surface area contributed by atoms with Crippen molar-refractivity contribution in [3.8, 4) is 0 Å². The van der Waals surface area contributed by atoms with Gasteiger partial charge in [-0.1, -0.05) is 109 Å². The zero-order chi connectivity index (χ0) is 13.9. The topological polar surface area (TPSA) is 0 Å². The Morgan fingerprint density at radius 3 is 1.15 bits per heavy atom. The van der Waals surface area contributed by atoms with Crippen LogP contribution < -0.4 is 0 Å². The van der Waals surface area contributed by atoms with Crippen LogP contribution in [0.2, 0.25) is 0 Å². The van der Waals surface area contributed by atoms with Crippen molar-refractivity contribution >= 4 is 12.2 Å². The van der Waals surface area contributed by atoms with Gasteiger partial charge in [-0.3, -0.25) is 0 Å². The Kier molecular flexibility index (Phi) is 5.87. The van der Waals surface area contributed by atoms with Crippen LogP contribution in [0.5, 0.6) is 0 Å². The predicted molar refractivity (Wildman–Crippen MR) is 89.2 cm³/mol. The van der Waals surface area contributed by atoms with Gasteiger partial charge in [0, 0.05) is 0 Å². The lowest BCUT2D eigenvalue weighted by molar-refractivity contribution is 1.66. The molecule has 0 saturated heterocycles. The van der Waals surface area contributed by atoms with Crippen LogP contribution in [0, 0.1) is 0 Å². The molecular weight excluding hydrogens is 240 g/mol. The fourth-order valence-corrected chi connectivity index (χ4v) is 1.72. The smallest absolute Gasteiger partial charge is 0.0257 e. The average Bonchev–Trinajstić information content (AvgIpc) is 2.52. The van der Waals surface area contributed by atoms with Crippen molar-refractivity contribution in [1.82, 2.24) is 0 Å². The maximum absolute atomic E-state index is 2.09. The molecule has 0 saturated carbocycles. The number of hydrogen-bond donors (Lipinski definition) is 0. The second-order valence-electron chi connectivity index (χ2n) is 4.31. The van der Waals surface area contributed by atoms with Crippen molar-refractivity contribution in [2.75, 3.05) is 0 Å². The molecule has 0 N–H and O–H groups in total. The predicted octanol–water partition coefficient (Wildman–Crippen LogP) is 5.53. The van der Waals surface area contributed by atoms with Crippen molar-refractivity contribution in [2.24, 2.45) is 0 Å². The SMILES string of the molecule is C(/C=C\c1ccccc1)=C/C=C/C=C/c1ccccc1. The fourth-order valence-electron chi connectivity index (χ4n) is 1.72. The fraction of sp³-hybridized carbons (Fsp3) is 0. The first-order chi connectivity index (χ1) is 9.95. The zero-order valence-electron chi connectivity index (χ0n) is 11.4. The second kappa shape index (κ2) is 8.49. The van der Waals surface area contributed by atoms with Gasteiger partial charge in [-0.2, -0.15) is 0 Å². The number of benzene rings is 2. The van der Waals surface area contributed by atoms with Gasteiger partial charge >= 0.3 is 0 Å². The average molecular weight is 258 g/mol. The Morgan fingerprint density at radius 1 is 0.400 bits per heavy atom. The van der Waals surface area contributed by atoms with Crippen molar-refractivity contribution in [1.29, 1.82) is 0 Å². The molecule has 0 amide bonds. The number of hydrogen-bond acceptors (Lipinski definition) is 0. The van der Waals surface area contributed by atoms with Gasteiger partial charge in [-0.25, -0.2) is 0 Å². The van der Waals surface area contributed by atoms with Crippen LogP contribution in [0.1, 0.15) is 11.1 Å². The molecule has 0 unspecified atom stereocenters. The quantitative estimate of drug-likeness (QED) is 0.619. The molecule has 20 heavy (non-hydrogen) atoms. The molecule has 0 aromatic heterocycles. The Morgan fingerprint density at radius 2 is 0.750 bits per heavy atom. The van der Waals surface area contributed by atoms with E-state index in [1.807, 2.05) is 72.9 Å². The normalized spacial score (nSPS) is 12.2. The van der Waals surface area contributed by atoms with Gasteiger partial charge in [0.2, 0.25) is 0 Å². The van der Waals surface area contributed by atoms with E-state index in [0.29, 0.717) is 0 Å². The molecule has 0 aliphatic rings. The van der Waals surface area contributed by atoms with Gasteiger partial charge in [0.15, 0.2) is 0 Å². The third-order valence-corrected chi connectivity index (χ3v) is 2.73. The maximum atomic E-state index is 2.09. The molecule has 0 bridgehead atoms. The Hall–Kier alpha value is -2.60. The minimum absolute atomic E-state index is 1.21. The van der Waals surface area contributed by atoms with Gasteiger partial charge in [0.25, 0.3) is 0 Å². The van der Waals surface area contributed by atoms with Gasteiger partial charge in [-0.05, 0) is 11.1 Å². The van der Waals surface area contributed by atoms with Crippen LogP contribution in [-0.2, 0) is 0 Å². The first-order valence-electron chi connectivity index (χ1n) is 6.73. The summed E-state index contributed by atoms with van der Waals surface area (Å²) in [7, 11) is 0. The van der Waals surface area contributed by atoms with E-state index in [2.05, 4.69) is 36.4 Å². The molecule has 2 rings (SSSR count). The minimum atomic E-state index is 1.21. The summed E-state index contributed by atoms with van der Waals surface area (Å²) >= 11 is 0. The lowest BCUT2D eigenvalue weighted by Gasteiger charge is -1.88. The van der Waals surface area contributed by atoms with Gasteiger partial charge in [0.1, 0.15) is 0 Å². The summed E-state index contributed by atoms with van der Waals surface area (Å²) in [5.74, 6) is 0. The molecule has 0 heterocycles. The van der Waals surface area contributed by atoms with Crippen LogP contribution in [0.15, 0.2) is 97.1 Å². The van der Waals surface area contributed by atoms with Crippen LogP contribution >= 0.6 is 0 Å². The van der Waals surface area contributed by atoms with E-state index in [1.165, 1.54) is 11.1 Å². The highest BCUT2D eigenvalue weighted by atomic mass is 13.9. The van der Waals surface area contributed by atoms with Crippen molar-refractivity contribution < 1.29 is 0 Å². The third-order valence-electron chi connectivity index (χ3n) is 2.73. The van der Waals surface area contributed by atoms with Crippen LogP contribution in [0.4, 0.5) is 0 Å². The highest BCUT2D eigenvalue weighted by Crippen LogP contribution is 2.02. The van der Waals surface area contributed by atoms with Crippen LogP contribution in [0.3, 0.4) is 0 Å². The van der Waals surface area contributed by atoms with Crippen molar-refractivity contribution in [3.05, 3.63) is 108 Å². The Balaban J connectivity index is 1.77. The lowest BCUT2D eigenvalue weighted by Crippen LogP contribution is -1.66. The van der Waals surface area contributed by atoms with Crippen LogP contribution in [0.25, 0.3) is 12.2 Å². The highest BCUT2D eigenvalue weighted by Gasteiger charge is 1.80. The molecule has 0 fully saturated rings. The summed E-state index contributed by atoms with van der Waals surface area (Å²) in [6.45, 7) is 0. The van der Waals surface area contributed by atoms with E-state index in [0.717, 1.165) is 0 Å². The first kappa shape index (κ1) is 13.8. The van der Waals surface area contributed by atoms with E-state index >= 15 is 0 Å². The Labute approximate surface area is 121 Å². The molecule has 0 atom stereocenters. The number of rotatable bonds is 5. The summed E-state index contributed by atoms with van der Waals surface area (Å²) < 4.78 is 0. The molecule has 0 spiro atoms. The standard InChI is InChI=1S/C20H18/c1(3-7-13-19-15-9-5-10-16-19)2-4-8-14-20-17-11-6-12-18-20/h1-18H/b3-1-,4-2+,13-7-,14-8+. The minimum Gasteiger partial charge on any atom is -0.0623 e. The van der Waals surface area contributed by atoms with E-state index < -0.39 is 0 Å². The molecule has 2 aromatic rings. The molecule has 0 aliphatic carbocycles. The molecule has 0 nitrogen and oxygen atoms in total. The molecule has 0 radical (unpaired) electrons. The largest absolute Gasteiger partial charge is 0.0623 e. The molecule has 2 aromatic carbocycles. The first-order valence-corrected chi connectivity index (χ1v) is 6.73. The van der Waals surface area contributed by atoms with Gasteiger partial charge in [0.05, 0.1) is 0 Å². The highest BCUT2D eigenvalue weighted by molar-refractivity contribution is 5.52. The summed E-state index contributed by atoms with van der Waals surface area (Å²) in [6.07, 6.45) is 16.4. The summed E-state index contributed by atoms with van der Waals surface area (Å²) in [5.41, 5.74) is 2.43. The Bertz CT molecular complexity index is 542. The molecule has 0 heteroatoms. The maximum Gasteiger partial charge on any atom is -0.0257 e. The van der Waals surface area contributed by atoms with Gasteiger partial charge in [-0.15, -0.1) is 0 Å². The number of allylic oxidation sites excluding steroid dienone is 6. The third kappa shape index (κ3) is 5.36. The van der Waals surface area contributed by atoms with E-state index in [1.54, 1.807) is 0 Å². The molecule has 98 valence electrons. The summed E-state index contributed by atoms with van der Waals surface area (Å²) in [6, 6.07) is 20.5. The molecule has 0 aliphatic heterocycles. The summed E-state index contributed by atoms with van der Waals surface area (Å²) in [4.78, 5) is 0. The summed E-state index contributed by atoms with van der Waals surface area (Å²) in [5, 5.41) is 0. The zero-order valence-corrected chi connectivity index (χ0v) is 11.4. The van der Waals surface area contributed by atoms with E-state index in [4.69, 9.17) is 0 Å². The van der Waals surface area contributed by atoms with Gasteiger partial charge < -0.3 is 0 Å². The lowest BCUT2D eigenvalue weighted by atomic mass is 10.2. The van der Waals surface area contributed by atoms with Crippen molar-refractivity contribution in [3.63, 3.8) is 0 Å².